The third kappa shape index (κ3) is 3.44. The first-order valence-corrected chi connectivity index (χ1v) is 9.51. The van der Waals surface area contributed by atoms with Crippen LogP contribution >= 0.6 is 11.3 Å². The summed E-state index contributed by atoms with van der Waals surface area (Å²) in [4.78, 5) is 26.1. The second-order valence-corrected chi connectivity index (χ2v) is 7.10. The Hall–Kier alpha value is -3.32. The summed E-state index contributed by atoms with van der Waals surface area (Å²) in [6.45, 7) is 0.294. The third-order valence-corrected chi connectivity index (χ3v) is 5.41. The number of thiophene rings is 1. The van der Waals surface area contributed by atoms with Gasteiger partial charge in [0.2, 0.25) is 0 Å². The van der Waals surface area contributed by atoms with Crippen molar-refractivity contribution in [3.63, 3.8) is 0 Å². The van der Waals surface area contributed by atoms with E-state index in [0.29, 0.717) is 23.3 Å². The number of amides is 1. The van der Waals surface area contributed by atoms with Gasteiger partial charge in [-0.1, -0.05) is 18.2 Å². The van der Waals surface area contributed by atoms with Crippen LogP contribution in [0.2, 0.25) is 0 Å². The van der Waals surface area contributed by atoms with Crippen LogP contribution in [0.5, 0.6) is 5.75 Å². The van der Waals surface area contributed by atoms with E-state index >= 15 is 0 Å². The smallest absolute Gasteiger partial charge is 0.349 e. The average molecular weight is 395 g/mol. The van der Waals surface area contributed by atoms with Gasteiger partial charge in [-0.3, -0.25) is 4.79 Å². The van der Waals surface area contributed by atoms with Gasteiger partial charge in [0.05, 0.1) is 19.3 Å². The Bertz CT molecular complexity index is 1110. The van der Waals surface area contributed by atoms with Crippen molar-refractivity contribution in [1.29, 1.82) is 0 Å². The Morgan fingerprint density at radius 3 is 2.82 bits per heavy atom. The monoisotopic (exact) mass is 395 g/mol. The molecule has 1 N–H and O–H groups in total. The fraction of sp³-hybridized carbons (Fsp3) is 0.143. The Balaban J connectivity index is 1.59. The van der Waals surface area contributed by atoms with E-state index in [9.17, 15) is 9.59 Å². The second-order valence-electron chi connectivity index (χ2n) is 6.12. The topological polar surface area (TPSA) is 81.7 Å². The van der Waals surface area contributed by atoms with Crippen molar-refractivity contribution in [1.82, 2.24) is 5.32 Å². The van der Waals surface area contributed by atoms with Gasteiger partial charge in [0, 0.05) is 16.8 Å². The maximum Gasteiger partial charge on any atom is 0.349 e. The molecule has 0 radical (unpaired) electrons. The van der Waals surface area contributed by atoms with Crippen molar-refractivity contribution < 1.29 is 18.4 Å². The summed E-state index contributed by atoms with van der Waals surface area (Å²) in [6.07, 6.45) is 1.60. The van der Waals surface area contributed by atoms with Gasteiger partial charge in [-0.15, -0.1) is 11.3 Å². The number of furan rings is 1. The Labute approximate surface area is 164 Å². The zero-order chi connectivity index (χ0) is 19.5. The van der Waals surface area contributed by atoms with Crippen LogP contribution in [0, 0.1) is 0 Å². The SMILES string of the molecule is COc1cccc2cc(C(=O)NC[C@H](c3ccco3)c3cccs3)c(=O)oc12. The molecule has 0 aliphatic rings. The van der Waals surface area contributed by atoms with Crippen LogP contribution in [0.4, 0.5) is 0 Å². The fourth-order valence-corrected chi connectivity index (χ4v) is 3.88. The number of carbonyl (C=O) groups is 1. The number of methoxy groups -OCH3 is 1. The van der Waals surface area contributed by atoms with E-state index in [1.165, 1.54) is 13.2 Å². The van der Waals surface area contributed by atoms with Gasteiger partial charge in [0.1, 0.15) is 11.3 Å². The van der Waals surface area contributed by atoms with Gasteiger partial charge >= 0.3 is 5.63 Å². The molecule has 0 saturated carbocycles. The molecule has 0 spiro atoms. The lowest BCUT2D eigenvalue weighted by molar-refractivity contribution is 0.0948. The van der Waals surface area contributed by atoms with Gasteiger partial charge < -0.3 is 18.9 Å². The molecule has 0 unspecified atom stereocenters. The molecular weight excluding hydrogens is 378 g/mol. The number of nitrogens with one attached hydrogen (secondary N) is 1. The van der Waals surface area contributed by atoms with Crippen molar-refractivity contribution in [2.75, 3.05) is 13.7 Å². The first-order valence-electron chi connectivity index (χ1n) is 8.63. The third-order valence-electron chi connectivity index (χ3n) is 4.43. The molecular formula is C21H17NO5S. The first-order chi connectivity index (χ1) is 13.7. The fourth-order valence-electron chi connectivity index (χ4n) is 3.05. The maximum absolute atomic E-state index is 12.7. The highest BCUT2D eigenvalue weighted by Crippen LogP contribution is 2.28. The van der Waals surface area contributed by atoms with Crippen LogP contribution in [0.3, 0.4) is 0 Å². The van der Waals surface area contributed by atoms with Crippen LogP contribution in [0.15, 0.2) is 73.8 Å². The highest BCUT2D eigenvalue weighted by Gasteiger charge is 2.21. The highest BCUT2D eigenvalue weighted by atomic mass is 32.1. The lowest BCUT2D eigenvalue weighted by Gasteiger charge is -2.14. The maximum atomic E-state index is 12.7. The van der Waals surface area contributed by atoms with Gasteiger partial charge in [-0.2, -0.15) is 0 Å². The zero-order valence-corrected chi connectivity index (χ0v) is 15.8. The number of hydrogen-bond acceptors (Lipinski definition) is 6. The summed E-state index contributed by atoms with van der Waals surface area (Å²) in [5.74, 6) is 0.563. The van der Waals surface area contributed by atoms with Crippen molar-refractivity contribution >= 4 is 28.2 Å². The Morgan fingerprint density at radius 2 is 2.11 bits per heavy atom. The van der Waals surface area contributed by atoms with E-state index in [-0.39, 0.29) is 11.5 Å². The first kappa shape index (κ1) is 18.1. The van der Waals surface area contributed by atoms with Gasteiger partial charge in [0.15, 0.2) is 11.3 Å². The van der Waals surface area contributed by atoms with Crippen LogP contribution in [-0.4, -0.2) is 19.6 Å². The quantitative estimate of drug-likeness (QED) is 0.499. The number of fused-ring (bicyclic) bond motifs is 1. The van der Waals surface area contributed by atoms with Crippen molar-refractivity contribution in [3.8, 4) is 5.75 Å². The minimum atomic E-state index is -0.708. The van der Waals surface area contributed by atoms with E-state index in [0.717, 1.165) is 10.6 Å². The predicted octanol–water partition coefficient (Wildman–Crippen LogP) is 4.02. The van der Waals surface area contributed by atoms with Crippen LogP contribution in [-0.2, 0) is 0 Å². The Kier molecular flexibility index (Phi) is 4.99. The number of ether oxygens (including phenoxy) is 1. The molecule has 142 valence electrons. The van der Waals surface area contributed by atoms with Crippen LogP contribution in [0.25, 0.3) is 11.0 Å². The molecule has 4 rings (SSSR count). The molecule has 3 aromatic heterocycles. The second kappa shape index (κ2) is 7.74. The largest absolute Gasteiger partial charge is 0.493 e. The van der Waals surface area contributed by atoms with E-state index in [1.54, 1.807) is 35.8 Å². The highest BCUT2D eigenvalue weighted by molar-refractivity contribution is 7.10. The molecule has 1 atom stereocenters. The molecule has 0 fully saturated rings. The minimum Gasteiger partial charge on any atom is -0.493 e. The number of para-hydroxylation sites is 1. The minimum absolute atomic E-state index is 0.0508. The summed E-state index contributed by atoms with van der Waals surface area (Å²) in [5, 5.41) is 5.41. The number of benzene rings is 1. The lowest BCUT2D eigenvalue weighted by atomic mass is 10.0. The number of rotatable bonds is 6. The van der Waals surface area contributed by atoms with E-state index in [2.05, 4.69) is 5.32 Å². The normalized spacial score (nSPS) is 12.0. The molecule has 3 heterocycles. The standard InChI is InChI=1S/C21H17NO5S/c1-25-17-6-2-5-13-11-14(21(24)27-19(13)17)20(23)22-12-15(16-7-3-9-26-16)18-8-4-10-28-18/h2-11,15H,12H2,1H3,(H,22,23)/t15-/m1/s1. The van der Waals surface area contributed by atoms with Crippen molar-refractivity contribution in [2.45, 2.75) is 5.92 Å². The van der Waals surface area contributed by atoms with E-state index in [4.69, 9.17) is 13.6 Å². The molecule has 0 aliphatic carbocycles. The summed E-state index contributed by atoms with van der Waals surface area (Å²) in [6, 6.07) is 14.4. The molecule has 28 heavy (non-hydrogen) atoms. The molecule has 4 aromatic rings. The van der Waals surface area contributed by atoms with E-state index in [1.807, 2.05) is 29.6 Å². The molecule has 0 saturated heterocycles. The summed E-state index contributed by atoms with van der Waals surface area (Å²) >= 11 is 1.58. The van der Waals surface area contributed by atoms with Gasteiger partial charge in [-0.05, 0) is 35.7 Å². The van der Waals surface area contributed by atoms with E-state index < -0.39 is 11.5 Å². The van der Waals surface area contributed by atoms with Crippen molar-refractivity contribution in [3.05, 3.63) is 86.8 Å². The van der Waals surface area contributed by atoms with Crippen LogP contribution in [0.1, 0.15) is 26.9 Å². The van der Waals surface area contributed by atoms with Gasteiger partial charge in [0.25, 0.3) is 5.91 Å². The van der Waals surface area contributed by atoms with Crippen LogP contribution < -0.4 is 15.7 Å². The number of carbonyl (C=O) groups excluding carboxylic acids is 1. The molecule has 6 nitrogen and oxygen atoms in total. The Morgan fingerprint density at radius 1 is 1.21 bits per heavy atom. The molecule has 0 bridgehead atoms. The lowest BCUT2D eigenvalue weighted by Crippen LogP contribution is -2.31. The summed E-state index contributed by atoms with van der Waals surface area (Å²) < 4.78 is 16.1. The number of hydrogen-bond donors (Lipinski definition) is 1. The van der Waals surface area contributed by atoms with Crippen molar-refractivity contribution in [2.24, 2.45) is 0 Å². The average Bonchev–Trinajstić information content (AvgIpc) is 3.42. The summed E-state index contributed by atoms with van der Waals surface area (Å²) in [7, 11) is 1.49. The zero-order valence-electron chi connectivity index (χ0n) is 15.0. The summed E-state index contributed by atoms with van der Waals surface area (Å²) in [5.41, 5.74) is -0.441. The predicted molar refractivity (Wildman–Crippen MR) is 106 cm³/mol. The molecule has 1 aromatic carbocycles. The molecule has 7 heteroatoms. The molecule has 0 aliphatic heterocycles. The molecule has 1 amide bonds. The van der Waals surface area contributed by atoms with Gasteiger partial charge in [-0.25, -0.2) is 4.79 Å².